The topological polar surface area (TPSA) is 77.0 Å². The molecular formula is C17H25N5O2. The Bertz CT molecular complexity index is 706. The molecule has 24 heavy (non-hydrogen) atoms. The highest BCUT2D eigenvalue weighted by molar-refractivity contribution is 5.76. The van der Waals surface area contributed by atoms with E-state index in [1.54, 1.807) is 4.68 Å². The summed E-state index contributed by atoms with van der Waals surface area (Å²) in [5.74, 6) is 1.35. The number of piperidine rings is 1. The minimum atomic E-state index is -0.110. The summed E-state index contributed by atoms with van der Waals surface area (Å²) in [6, 6.07) is 1.87. The van der Waals surface area contributed by atoms with Crippen molar-refractivity contribution in [2.45, 2.75) is 65.5 Å². The minimum Gasteiger partial charge on any atom is -0.337 e. The Balaban J connectivity index is 1.75. The van der Waals surface area contributed by atoms with Crippen LogP contribution in [0, 0.1) is 13.8 Å². The fourth-order valence-corrected chi connectivity index (χ4v) is 3.27. The second kappa shape index (κ2) is 7.15. The maximum Gasteiger partial charge on any atom is 0.249 e. The van der Waals surface area contributed by atoms with Crippen molar-refractivity contribution >= 4 is 5.91 Å². The van der Waals surface area contributed by atoms with Crippen LogP contribution >= 0.6 is 0 Å². The minimum absolute atomic E-state index is 0.0566. The molecule has 1 atom stereocenters. The molecule has 2 aromatic heterocycles. The Morgan fingerprint density at radius 2 is 2.21 bits per heavy atom. The second-order valence-electron chi connectivity index (χ2n) is 6.48. The molecule has 2 aromatic rings. The normalized spacial score (nSPS) is 18.1. The molecule has 0 aliphatic carbocycles. The molecule has 130 valence electrons. The van der Waals surface area contributed by atoms with E-state index in [-0.39, 0.29) is 18.5 Å². The Kier molecular flexibility index (Phi) is 4.97. The standard InChI is InChI=1S/C17H25N5O2/c1-4-7-15-18-17(24-20-15)14-8-5-6-9-21(14)16(23)11-22-13(3)10-12(2)19-22/h10,14H,4-9,11H2,1-3H3. The Morgan fingerprint density at radius 3 is 2.92 bits per heavy atom. The zero-order chi connectivity index (χ0) is 17.1. The third-order valence-corrected chi connectivity index (χ3v) is 4.45. The van der Waals surface area contributed by atoms with Gasteiger partial charge in [-0.05, 0) is 45.6 Å². The van der Waals surface area contributed by atoms with Gasteiger partial charge in [-0.3, -0.25) is 9.48 Å². The van der Waals surface area contributed by atoms with E-state index in [1.807, 2.05) is 24.8 Å². The molecule has 1 aliphatic rings. The van der Waals surface area contributed by atoms with Crippen molar-refractivity contribution in [2.75, 3.05) is 6.54 Å². The number of carbonyl (C=O) groups excluding carboxylic acids is 1. The zero-order valence-electron chi connectivity index (χ0n) is 14.7. The number of carbonyl (C=O) groups is 1. The lowest BCUT2D eigenvalue weighted by Gasteiger charge is -2.33. The quantitative estimate of drug-likeness (QED) is 0.841. The van der Waals surface area contributed by atoms with Crippen LogP contribution in [0.4, 0.5) is 0 Å². The van der Waals surface area contributed by atoms with Gasteiger partial charge in [0.15, 0.2) is 5.82 Å². The van der Waals surface area contributed by atoms with Crippen molar-refractivity contribution in [3.05, 3.63) is 29.2 Å². The number of aryl methyl sites for hydroxylation is 3. The SMILES string of the molecule is CCCc1noc(C2CCCCN2C(=O)Cn2nc(C)cc2C)n1. The molecule has 1 unspecified atom stereocenters. The van der Waals surface area contributed by atoms with Crippen LogP contribution in [0.2, 0.25) is 0 Å². The molecule has 7 nitrogen and oxygen atoms in total. The van der Waals surface area contributed by atoms with Crippen molar-refractivity contribution in [2.24, 2.45) is 0 Å². The zero-order valence-corrected chi connectivity index (χ0v) is 14.7. The number of nitrogens with zero attached hydrogens (tertiary/aromatic N) is 5. The molecule has 7 heteroatoms. The Labute approximate surface area is 142 Å². The van der Waals surface area contributed by atoms with E-state index in [0.717, 1.165) is 55.9 Å². The molecule has 1 fully saturated rings. The van der Waals surface area contributed by atoms with Gasteiger partial charge in [0.2, 0.25) is 11.8 Å². The average Bonchev–Trinajstić information content (AvgIpc) is 3.14. The van der Waals surface area contributed by atoms with Gasteiger partial charge in [-0.1, -0.05) is 12.1 Å². The number of hydrogen-bond donors (Lipinski definition) is 0. The molecular weight excluding hydrogens is 306 g/mol. The van der Waals surface area contributed by atoms with E-state index in [2.05, 4.69) is 22.2 Å². The van der Waals surface area contributed by atoms with E-state index >= 15 is 0 Å². The van der Waals surface area contributed by atoms with Crippen LogP contribution in [-0.4, -0.2) is 37.3 Å². The van der Waals surface area contributed by atoms with Gasteiger partial charge in [0.1, 0.15) is 12.6 Å². The molecule has 3 rings (SSSR count). The maximum absolute atomic E-state index is 12.8. The molecule has 3 heterocycles. The Morgan fingerprint density at radius 1 is 1.38 bits per heavy atom. The fraction of sp³-hybridized carbons (Fsp3) is 0.647. The van der Waals surface area contributed by atoms with Crippen LogP contribution in [0.5, 0.6) is 0 Å². The summed E-state index contributed by atoms with van der Waals surface area (Å²) in [5, 5.41) is 8.42. The first-order valence-corrected chi connectivity index (χ1v) is 8.71. The largest absolute Gasteiger partial charge is 0.337 e. The summed E-state index contributed by atoms with van der Waals surface area (Å²) in [4.78, 5) is 19.2. The molecule has 0 spiro atoms. The van der Waals surface area contributed by atoms with Gasteiger partial charge < -0.3 is 9.42 Å². The predicted molar refractivity (Wildman–Crippen MR) is 88.3 cm³/mol. The first-order chi connectivity index (χ1) is 11.6. The highest BCUT2D eigenvalue weighted by Gasteiger charge is 2.32. The number of rotatable bonds is 5. The number of amides is 1. The summed E-state index contributed by atoms with van der Waals surface area (Å²) < 4.78 is 7.20. The summed E-state index contributed by atoms with van der Waals surface area (Å²) in [7, 11) is 0. The van der Waals surface area contributed by atoms with E-state index in [0.29, 0.717) is 5.89 Å². The van der Waals surface area contributed by atoms with Crippen LogP contribution < -0.4 is 0 Å². The van der Waals surface area contributed by atoms with Gasteiger partial charge >= 0.3 is 0 Å². The Hall–Kier alpha value is -2.18. The molecule has 0 N–H and O–H groups in total. The molecule has 0 bridgehead atoms. The lowest BCUT2D eigenvalue weighted by atomic mass is 10.0. The van der Waals surface area contributed by atoms with Crippen molar-refractivity contribution in [3.63, 3.8) is 0 Å². The van der Waals surface area contributed by atoms with Gasteiger partial charge in [0, 0.05) is 18.7 Å². The number of hydrogen-bond acceptors (Lipinski definition) is 5. The van der Waals surface area contributed by atoms with Crippen LogP contribution in [-0.2, 0) is 17.8 Å². The van der Waals surface area contributed by atoms with Crippen molar-refractivity contribution < 1.29 is 9.32 Å². The molecule has 1 amide bonds. The summed E-state index contributed by atoms with van der Waals surface area (Å²) in [6.45, 7) is 6.97. The van der Waals surface area contributed by atoms with Crippen LogP contribution in [0.1, 0.15) is 61.8 Å². The van der Waals surface area contributed by atoms with Gasteiger partial charge in [-0.2, -0.15) is 10.1 Å². The first kappa shape index (κ1) is 16.7. The lowest BCUT2D eigenvalue weighted by molar-refractivity contribution is -0.136. The summed E-state index contributed by atoms with van der Waals surface area (Å²) in [5.41, 5.74) is 1.93. The average molecular weight is 331 g/mol. The summed E-state index contributed by atoms with van der Waals surface area (Å²) in [6.07, 6.45) is 4.73. The molecule has 0 aromatic carbocycles. The van der Waals surface area contributed by atoms with Crippen molar-refractivity contribution in [3.8, 4) is 0 Å². The van der Waals surface area contributed by atoms with E-state index in [4.69, 9.17) is 4.52 Å². The van der Waals surface area contributed by atoms with Gasteiger partial charge in [0.25, 0.3) is 0 Å². The van der Waals surface area contributed by atoms with Crippen molar-refractivity contribution in [1.29, 1.82) is 0 Å². The van der Waals surface area contributed by atoms with E-state index in [1.165, 1.54) is 0 Å². The highest BCUT2D eigenvalue weighted by atomic mass is 16.5. The fourth-order valence-electron chi connectivity index (χ4n) is 3.27. The molecule has 1 saturated heterocycles. The third-order valence-electron chi connectivity index (χ3n) is 4.45. The van der Waals surface area contributed by atoms with Gasteiger partial charge in [0.05, 0.1) is 5.69 Å². The smallest absolute Gasteiger partial charge is 0.249 e. The maximum atomic E-state index is 12.8. The lowest BCUT2D eigenvalue weighted by Crippen LogP contribution is -2.40. The molecule has 0 radical (unpaired) electrons. The molecule has 1 aliphatic heterocycles. The molecule has 0 saturated carbocycles. The van der Waals surface area contributed by atoms with Gasteiger partial charge in [-0.15, -0.1) is 0 Å². The monoisotopic (exact) mass is 331 g/mol. The second-order valence-corrected chi connectivity index (χ2v) is 6.48. The highest BCUT2D eigenvalue weighted by Crippen LogP contribution is 2.30. The van der Waals surface area contributed by atoms with E-state index < -0.39 is 0 Å². The number of aromatic nitrogens is 4. The van der Waals surface area contributed by atoms with Crippen LogP contribution in [0.25, 0.3) is 0 Å². The first-order valence-electron chi connectivity index (χ1n) is 8.71. The van der Waals surface area contributed by atoms with E-state index in [9.17, 15) is 4.79 Å². The van der Waals surface area contributed by atoms with Gasteiger partial charge in [-0.25, -0.2) is 0 Å². The predicted octanol–water partition coefficient (Wildman–Crippen LogP) is 2.59. The van der Waals surface area contributed by atoms with Crippen LogP contribution in [0.3, 0.4) is 0 Å². The van der Waals surface area contributed by atoms with Crippen LogP contribution in [0.15, 0.2) is 10.6 Å². The number of likely N-dealkylation sites (tertiary alicyclic amines) is 1. The van der Waals surface area contributed by atoms with Crippen molar-refractivity contribution in [1.82, 2.24) is 24.8 Å². The third kappa shape index (κ3) is 3.49. The summed E-state index contributed by atoms with van der Waals surface area (Å²) >= 11 is 0.